The van der Waals surface area contributed by atoms with Crippen LogP contribution in [0.5, 0.6) is 23.0 Å². The van der Waals surface area contributed by atoms with E-state index in [0.717, 1.165) is 11.1 Å². The molecule has 25 heavy (non-hydrogen) atoms. The average molecular weight is 344 g/mol. The van der Waals surface area contributed by atoms with Gasteiger partial charge in [-0.1, -0.05) is 12.1 Å². The molecule has 2 aromatic rings. The predicted octanol–water partition coefficient (Wildman–Crippen LogP) is 2.39. The van der Waals surface area contributed by atoms with Gasteiger partial charge in [0.15, 0.2) is 23.0 Å². The Balaban J connectivity index is 1.76. The van der Waals surface area contributed by atoms with Crippen LogP contribution in [0.2, 0.25) is 0 Å². The smallest absolute Gasteiger partial charge is 0.309 e. The molecule has 1 heterocycles. The lowest BCUT2D eigenvalue weighted by molar-refractivity contribution is -0.141. The highest BCUT2D eigenvalue weighted by atomic mass is 16.5. The van der Waals surface area contributed by atoms with Crippen LogP contribution in [-0.2, 0) is 22.4 Å². The Morgan fingerprint density at radius 2 is 1.68 bits per heavy atom. The lowest BCUT2D eigenvalue weighted by atomic mass is 9.85. The van der Waals surface area contributed by atoms with Crippen LogP contribution >= 0.6 is 0 Å². The molecule has 132 valence electrons. The minimum absolute atomic E-state index is 0.0160. The van der Waals surface area contributed by atoms with E-state index in [9.17, 15) is 20.1 Å². The van der Waals surface area contributed by atoms with Gasteiger partial charge in [-0.15, -0.1) is 0 Å². The molecule has 0 amide bonds. The zero-order chi connectivity index (χ0) is 18.0. The van der Waals surface area contributed by atoms with E-state index in [1.54, 1.807) is 24.3 Å². The quantitative estimate of drug-likeness (QED) is 0.569. The first-order chi connectivity index (χ1) is 12.0. The molecule has 0 aliphatic carbocycles. The van der Waals surface area contributed by atoms with Crippen LogP contribution in [-0.4, -0.2) is 35.0 Å². The first kappa shape index (κ1) is 17.0. The molecule has 2 atom stereocenters. The third kappa shape index (κ3) is 3.63. The minimum Gasteiger partial charge on any atom is -0.504 e. The summed E-state index contributed by atoms with van der Waals surface area (Å²) < 4.78 is 10.3. The Hall–Kier alpha value is -2.89. The monoisotopic (exact) mass is 344 g/mol. The molecule has 6 nitrogen and oxygen atoms in total. The molecule has 6 heteroatoms. The third-order valence-electron chi connectivity index (χ3n) is 4.55. The van der Waals surface area contributed by atoms with Crippen molar-refractivity contribution < 1.29 is 29.6 Å². The van der Waals surface area contributed by atoms with E-state index in [-0.39, 0.29) is 35.1 Å². The van der Waals surface area contributed by atoms with E-state index < -0.39 is 0 Å². The van der Waals surface area contributed by atoms with Crippen molar-refractivity contribution in [1.82, 2.24) is 0 Å². The average Bonchev–Trinajstić information content (AvgIpc) is 2.93. The molecule has 3 rings (SSSR count). The Morgan fingerprint density at radius 3 is 2.36 bits per heavy atom. The van der Waals surface area contributed by atoms with Crippen LogP contribution in [0.4, 0.5) is 0 Å². The lowest BCUT2D eigenvalue weighted by Crippen LogP contribution is -2.20. The molecular weight excluding hydrogens is 324 g/mol. The molecule has 0 aromatic heterocycles. The summed E-state index contributed by atoms with van der Waals surface area (Å²) >= 11 is 0. The topological polar surface area (TPSA) is 96.2 Å². The first-order valence-corrected chi connectivity index (χ1v) is 8.01. The summed E-state index contributed by atoms with van der Waals surface area (Å²) in [6.45, 7) is 0.330. The number of aromatic hydroxyl groups is 3. The number of benzene rings is 2. The fraction of sp³-hybridized carbons (Fsp3) is 0.316. The van der Waals surface area contributed by atoms with E-state index in [1.165, 1.54) is 19.2 Å². The molecule has 0 bridgehead atoms. The predicted molar refractivity (Wildman–Crippen MR) is 89.8 cm³/mol. The van der Waals surface area contributed by atoms with Gasteiger partial charge in [0.05, 0.1) is 19.6 Å². The van der Waals surface area contributed by atoms with Gasteiger partial charge in [0.2, 0.25) is 0 Å². The maximum Gasteiger partial charge on any atom is 0.309 e. The standard InChI is InChI=1S/C19H20O6/c1-24-18-9-11(3-5-16(18)21)6-13-10-25-19(23)14(13)7-12-2-4-15(20)17(22)8-12/h2-5,8-9,13-14,20-22H,6-7,10H2,1H3. The second kappa shape index (κ2) is 6.93. The highest BCUT2D eigenvalue weighted by Gasteiger charge is 2.37. The maximum absolute atomic E-state index is 12.1. The van der Waals surface area contributed by atoms with Gasteiger partial charge in [-0.25, -0.2) is 0 Å². The Bertz CT molecular complexity index is 785. The molecule has 0 radical (unpaired) electrons. The van der Waals surface area contributed by atoms with Crippen molar-refractivity contribution in [3.63, 3.8) is 0 Å². The number of carbonyl (C=O) groups excluding carboxylic acids is 1. The summed E-state index contributed by atoms with van der Waals surface area (Å²) in [5.74, 6) is -0.539. The van der Waals surface area contributed by atoms with Gasteiger partial charge in [-0.05, 0) is 48.2 Å². The highest BCUT2D eigenvalue weighted by Crippen LogP contribution is 2.33. The van der Waals surface area contributed by atoms with E-state index >= 15 is 0 Å². The molecule has 1 aliphatic heterocycles. The van der Waals surface area contributed by atoms with E-state index in [2.05, 4.69) is 0 Å². The van der Waals surface area contributed by atoms with Crippen molar-refractivity contribution in [2.24, 2.45) is 11.8 Å². The van der Waals surface area contributed by atoms with Crippen LogP contribution in [0.15, 0.2) is 36.4 Å². The normalized spacial score (nSPS) is 19.6. The zero-order valence-electron chi connectivity index (χ0n) is 13.8. The van der Waals surface area contributed by atoms with Gasteiger partial charge in [-0.2, -0.15) is 0 Å². The molecule has 1 saturated heterocycles. The van der Waals surface area contributed by atoms with E-state index in [1.807, 2.05) is 0 Å². The number of phenolic OH excluding ortho intramolecular Hbond substituents is 3. The van der Waals surface area contributed by atoms with Crippen LogP contribution in [0.3, 0.4) is 0 Å². The highest BCUT2D eigenvalue weighted by molar-refractivity contribution is 5.75. The maximum atomic E-state index is 12.1. The van der Waals surface area contributed by atoms with Gasteiger partial charge in [0, 0.05) is 5.92 Å². The Morgan fingerprint density at radius 1 is 1.00 bits per heavy atom. The molecule has 2 unspecified atom stereocenters. The number of hydrogen-bond donors (Lipinski definition) is 3. The van der Waals surface area contributed by atoms with Crippen LogP contribution in [0.1, 0.15) is 11.1 Å². The van der Waals surface area contributed by atoms with Crippen LogP contribution in [0.25, 0.3) is 0 Å². The summed E-state index contributed by atoms with van der Waals surface area (Å²) in [5, 5.41) is 28.7. The molecule has 2 aromatic carbocycles. The summed E-state index contributed by atoms with van der Waals surface area (Å²) in [6, 6.07) is 9.66. The summed E-state index contributed by atoms with van der Waals surface area (Å²) in [4.78, 5) is 12.1. The number of cyclic esters (lactones) is 1. The van der Waals surface area contributed by atoms with Gasteiger partial charge in [0.25, 0.3) is 0 Å². The van der Waals surface area contributed by atoms with Crippen LogP contribution < -0.4 is 4.74 Å². The number of esters is 1. The van der Waals surface area contributed by atoms with Crippen molar-refractivity contribution in [2.75, 3.05) is 13.7 Å². The fourth-order valence-corrected chi connectivity index (χ4v) is 3.16. The van der Waals surface area contributed by atoms with Crippen molar-refractivity contribution in [3.05, 3.63) is 47.5 Å². The molecule has 1 aliphatic rings. The number of hydrogen-bond acceptors (Lipinski definition) is 6. The molecule has 0 saturated carbocycles. The van der Waals surface area contributed by atoms with Crippen molar-refractivity contribution in [3.8, 4) is 23.0 Å². The number of rotatable bonds is 5. The van der Waals surface area contributed by atoms with Gasteiger partial charge in [-0.3, -0.25) is 4.79 Å². The Kier molecular flexibility index (Phi) is 4.70. The van der Waals surface area contributed by atoms with Gasteiger partial charge in [0.1, 0.15) is 0 Å². The lowest BCUT2D eigenvalue weighted by Gasteiger charge is -2.16. The number of methoxy groups -OCH3 is 1. The second-order valence-corrected chi connectivity index (χ2v) is 6.23. The molecular formula is C19H20O6. The SMILES string of the molecule is COc1cc(CC2COC(=O)C2Cc2ccc(O)c(O)c2)ccc1O. The molecule has 0 spiro atoms. The van der Waals surface area contributed by atoms with Crippen LogP contribution in [0, 0.1) is 11.8 Å². The fourth-order valence-electron chi connectivity index (χ4n) is 3.16. The van der Waals surface area contributed by atoms with Crippen molar-refractivity contribution in [1.29, 1.82) is 0 Å². The first-order valence-electron chi connectivity index (χ1n) is 8.01. The van der Waals surface area contributed by atoms with E-state index in [4.69, 9.17) is 9.47 Å². The minimum atomic E-state index is -0.330. The summed E-state index contributed by atoms with van der Waals surface area (Å²) in [6.07, 6.45) is 1.03. The number of carbonyl (C=O) groups is 1. The largest absolute Gasteiger partial charge is 0.504 e. The van der Waals surface area contributed by atoms with Gasteiger partial charge >= 0.3 is 5.97 Å². The van der Waals surface area contributed by atoms with Crippen molar-refractivity contribution >= 4 is 5.97 Å². The number of phenols is 3. The number of ether oxygens (including phenoxy) is 2. The summed E-state index contributed by atoms with van der Waals surface area (Å²) in [7, 11) is 1.49. The Labute approximate surface area is 145 Å². The second-order valence-electron chi connectivity index (χ2n) is 6.23. The van der Waals surface area contributed by atoms with Crippen molar-refractivity contribution in [2.45, 2.75) is 12.8 Å². The van der Waals surface area contributed by atoms with E-state index in [0.29, 0.717) is 25.2 Å². The summed E-state index contributed by atoms with van der Waals surface area (Å²) in [5.41, 5.74) is 1.70. The van der Waals surface area contributed by atoms with Gasteiger partial charge < -0.3 is 24.8 Å². The molecule has 1 fully saturated rings. The zero-order valence-corrected chi connectivity index (χ0v) is 13.8. The molecule has 3 N–H and O–H groups in total. The third-order valence-corrected chi connectivity index (χ3v) is 4.55.